The summed E-state index contributed by atoms with van der Waals surface area (Å²) in [4.78, 5) is 0. The zero-order chi connectivity index (χ0) is 12.3. The van der Waals surface area contributed by atoms with Gasteiger partial charge in [0.25, 0.3) is 0 Å². The van der Waals surface area contributed by atoms with Crippen molar-refractivity contribution in [2.24, 2.45) is 0 Å². The number of hydrogen-bond donors (Lipinski definition) is 0. The lowest BCUT2D eigenvalue weighted by Crippen LogP contribution is -2.42. The molecule has 0 bridgehead atoms. The van der Waals surface area contributed by atoms with Crippen molar-refractivity contribution in [2.45, 2.75) is 38.7 Å². The molecule has 0 N–H and O–H groups in total. The molecule has 0 aliphatic carbocycles. The van der Waals surface area contributed by atoms with E-state index >= 15 is 0 Å². The van der Waals surface area contributed by atoms with E-state index in [2.05, 4.69) is 0 Å². The van der Waals surface area contributed by atoms with Gasteiger partial charge in [-0.2, -0.15) is 0 Å². The first-order valence-electron chi connectivity index (χ1n) is 5.98. The van der Waals surface area contributed by atoms with Crippen LogP contribution in [0, 0.1) is 0 Å². The molecule has 0 saturated carbocycles. The van der Waals surface area contributed by atoms with Crippen LogP contribution in [-0.4, -0.2) is 43.3 Å². The molecule has 4 nitrogen and oxygen atoms in total. The molecule has 0 fully saturated rings. The van der Waals surface area contributed by atoms with E-state index < -0.39 is 8.80 Å². The molecule has 0 aromatic carbocycles. The molecule has 0 saturated heterocycles. The topological polar surface area (TPSA) is 36.9 Å². The van der Waals surface area contributed by atoms with Crippen molar-refractivity contribution in [3.63, 3.8) is 0 Å². The molecule has 0 spiro atoms. The SMILES string of the molecule is CCOCCCCCC[Si](OC)(OC)OC. The Hall–Kier alpha value is 0.0569. The first-order valence-corrected chi connectivity index (χ1v) is 7.91. The van der Waals surface area contributed by atoms with Crippen LogP contribution in [0.25, 0.3) is 0 Å². The van der Waals surface area contributed by atoms with E-state index in [0.29, 0.717) is 0 Å². The van der Waals surface area contributed by atoms with Crippen LogP contribution < -0.4 is 0 Å². The summed E-state index contributed by atoms with van der Waals surface area (Å²) in [6, 6.07) is 0.894. The zero-order valence-corrected chi connectivity index (χ0v) is 12.1. The fourth-order valence-corrected chi connectivity index (χ4v) is 3.40. The van der Waals surface area contributed by atoms with Crippen molar-refractivity contribution >= 4 is 8.80 Å². The summed E-state index contributed by atoms with van der Waals surface area (Å²) >= 11 is 0. The fraction of sp³-hybridized carbons (Fsp3) is 1.00. The Balaban J connectivity index is 3.48. The molecule has 0 unspecified atom stereocenters. The minimum absolute atomic E-state index is 0.813. The zero-order valence-electron chi connectivity index (χ0n) is 11.1. The van der Waals surface area contributed by atoms with Gasteiger partial charge in [0.05, 0.1) is 0 Å². The van der Waals surface area contributed by atoms with Crippen LogP contribution >= 0.6 is 0 Å². The van der Waals surface area contributed by atoms with Gasteiger partial charge in [-0.25, -0.2) is 0 Å². The average molecular weight is 250 g/mol. The van der Waals surface area contributed by atoms with Crippen molar-refractivity contribution in [1.82, 2.24) is 0 Å². The maximum atomic E-state index is 5.35. The van der Waals surface area contributed by atoms with Crippen molar-refractivity contribution in [1.29, 1.82) is 0 Å². The van der Waals surface area contributed by atoms with Crippen molar-refractivity contribution in [3.05, 3.63) is 0 Å². The summed E-state index contributed by atoms with van der Waals surface area (Å²) in [5.41, 5.74) is 0. The maximum Gasteiger partial charge on any atom is 0.500 e. The number of rotatable bonds is 11. The number of ether oxygens (including phenoxy) is 1. The van der Waals surface area contributed by atoms with Gasteiger partial charge in [0.15, 0.2) is 0 Å². The van der Waals surface area contributed by atoms with Crippen LogP contribution in [0.3, 0.4) is 0 Å². The monoisotopic (exact) mass is 250 g/mol. The molecule has 0 heterocycles. The highest BCUT2D eigenvalue weighted by molar-refractivity contribution is 6.60. The normalized spacial score (nSPS) is 12.0. The lowest BCUT2D eigenvalue weighted by atomic mass is 10.2. The van der Waals surface area contributed by atoms with Crippen molar-refractivity contribution in [2.75, 3.05) is 34.5 Å². The average Bonchev–Trinajstić information content (AvgIpc) is 2.34. The third-order valence-electron chi connectivity index (χ3n) is 2.66. The minimum atomic E-state index is -2.32. The third-order valence-corrected chi connectivity index (χ3v) is 5.49. The molecule has 0 aliphatic rings. The molecular weight excluding hydrogens is 224 g/mol. The molecule has 0 rings (SSSR count). The molecule has 0 aliphatic heterocycles. The minimum Gasteiger partial charge on any atom is -0.382 e. The van der Waals surface area contributed by atoms with E-state index in [1.165, 1.54) is 12.8 Å². The van der Waals surface area contributed by atoms with E-state index in [-0.39, 0.29) is 0 Å². The lowest BCUT2D eigenvalue weighted by molar-refractivity contribution is 0.122. The van der Waals surface area contributed by atoms with Gasteiger partial charge in [0.1, 0.15) is 0 Å². The van der Waals surface area contributed by atoms with Gasteiger partial charge >= 0.3 is 8.80 Å². The van der Waals surface area contributed by atoms with E-state index in [9.17, 15) is 0 Å². The second-order valence-corrected chi connectivity index (χ2v) is 6.75. The van der Waals surface area contributed by atoms with Crippen molar-refractivity contribution < 1.29 is 18.0 Å². The van der Waals surface area contributed by atoms with Crippen LogP contribution in [0.5, 0.6) is 0 Å². The van der Waals surface area contributed by atoms with Crippen LogP contribution in [-0.2, 0) is 18.0 Å². The quantitative estimate of drug-likeness (QED) is 0.417. The molecule has 0 aromatic heterocycles. The molecular formula is C11H26O4Si. The van der Waals surface area contributed by atoms with Gasteiger partial charge in [-0.1, -0.05) is 12.8 Å². The Labute approximate surface area is 101 Å². The smallest absolute Gasteiger partial charge is 0.382 e. The Morgan fingerprint density at radius 1 is 0.812 bits per heavy atom. The van der Waals surface area contributed by atoms with Crippen LogP contribution in [0.15, 0.2) is 0 Å². The summed E-state index contributed by atoms with van der Waals surface area (Å²) in [5, 5.41) is 0. The third kappa shape index (κ3) is 6.60. The van der Waals surface area contributed by atoms with E-state index in [1.54, 1.807) is 21.3 Å². The van der Waals surface area contributed by atoms with E-state index in [0.717, 1.165) is 32.1 Å². The number of unbranched alkanes of at least 4 members (excludes halogenated alkanes) is 3. The molecule has 0 atom stereocenters. The predicted molar refractivity (Wildman–Crippen MR) is 66.5 cm³/mol. The molecule has 0 aromatic rings. The summed E-state index contributed by atoms with van der Waals surface area (Å²) in [6.07, 6.45) is 4.60. The molecule has 98 valence electrons. The van der Waals surface area contributed by atoms with Gasteiger partial charge < -0.3 is 18.0 Å². The Morgan fingerprint density at radius 3 is 1.88 bits per heavy atom. The van der Waals surface area contributed by atoms with Gasteiger partial charge in [-0.15, -0.1) is 0 Å². The molecule has 0 amide bonds. The Bertz CT molecular complexity index is 143. The largest absolute Gasteiger partial charge is 0.500 e. The highest BCUT2D eigenvalue weighted by atomic mass is 28.4. The van der Waals surface area contributed by atoms with Gasteiger partial charge in [-0.05, 0) is 19.8 Å². The Kier molecular flexibility index (Phi) is 10.3. The summed E-state index contributed by atoms with van der Waals surface area (Å²) < 4.78 is 21.3. The molecule has 5 heteroatoms. The maximum absolute atomic E-state index is 5.35. The second-order valence-electron chi connectivity index (χ2n) is 3.66. The van der Waals surface area contributed by atoms with Gasteiger partial charge in [0, 0.05) is 40.6 Å². The fourth-order valence-electron chi connectivity index (χ4n) is 1.60. The standard InChI is InChI=1S/C11H26O4Si/c1-5-15-10-8-6-7-9-11-16(12-2,13-3)14-4/h5-11H2,1-4H3. The van der Waals surface area contributed by atoms with E-state index in [1.807, 2.05) is 6.92 Å². The summed E-state index contributed by atoms with van der Waals surface area (Å²) in [5.74, 6) is 0. The molecule has 16 heavy (non-hydrogen) atoms. The first kappa shape index (κ1) is 16.1. The van der Waals surface area contributed by atoms with Gasteiger partial charge in [0.2, 0.25) is 0 Å². The van der Waals surface area contributed by atoms with Crippen LogP contribution in [0.1, 0.15) is 32.6 Å². The predicted octanol–water partition coefficient (Wildman–Crippen LogP) is 2.46. The lowest BCUT2D eigenvalue weighted by Gasteiger charge is -2.24. The van der Waals surface area contributed by atoms with Crippen molar-refractivity contribution in [3.8, 4) is 0 Å². The van der Waals surface area contributed by atoms with E-state index in [4.69, 9.17) is 18.0 Å². The summed E-state index contributed by atoms with van der Waals surface area (Å²) in [7, 11) is 2.66. The summed E-state index contributed by atoms with van der Waals surface area (Å²) in [6.45, 7) is 3.71. The van der Waals surface area contributed by atoms with Crippen LogP contribution in [0.2, 0.25) is 6.04 Å². The highest BCUT2D eigenvalue weighted by Gasteiger charge is 2.36. The first-order chi connectivity index (χ1) is 7.74. The van der Waals surface area contributed by atoms with Crippen LogP contribution in [0.4, 0.5) is 0 Å². The highest BCUT2D eigenvalue weighted by Crippen LogP contribution is 2.17. The molecule has 0 radical (unpaired) electrons. The number of hydrogen-bond acceptors (Lipinski definition) is 4. The van der Waals surface area contributed by atoms with Gasteiger partial charge in [-0.3, -0.25) is 0 Å². The second kappa shape index (κ2) is 10.2. The Morgan fingerprint density at radius 2 is 1.38 bits per heavy atom.